The summed E-state index contributed by atoms with van der Waals surface area (Å²) in [4.78, 5) is 38.5. The molecular weight excluding hydrogens is 1020 g/mol. The van der Waals surface area contributed by atoms with Gasteiger partial charge in [-0.15, -0.1) is 0 Å². The largest absolute Gasteiger partial charge is 0.462 e. The molecule has 6 nitrogen and oxygen atoms in total. The summed E-state index contributed by atoms with van der Waals surface area (Å²) in [5.41, 5.74) is 0. The maximum Gasteiger partial charge on any atom is 0.306 e. The minimum absolute atomic E-state index is 0.0685. The van der Waals surface area contributed by atoms with E-state index in [9.17, 15) is 14.4 Å². The van der Waals surface area contributed by atoms with Gasteiger partial charge in [0.15, 0.2) is 6.10 Å². The van der Waals surface area contributed by atoms with Crippen molar-refractivity contribution in [1.82, 2.24) is 0 Å². The summed E-state index contributed by atoms with van der Waals surface area (Å²) in [6.07, 6.45) is 93.6. The summed E-state index contributed by atoms with van der Waals surface area (Å²) >= 11 is 0. The van der Waals surface area contributed by atoms with E-state index < -0.39 is 6.10 Å². The van der Waals surface area contributed by atoms with Crippen molar-refractivity contribution in [3.8, 4) is 0 Å². The Bertz CT molecular complexity index is 1520. The van der Waals surface area contributed by atoms with E-state index in [1.807, 2.05) is 0 Å². The number of rotatable bonds is 67. The standard InChI is InChI=1S/C77H138O6/c1-4-7-10-13-16-19-22-25-28-31-32-33-34-35-36-37-38-39-40-41-42-43-44-47-49-52-55-58-61-64-67-70-76(79)82-73-74(83-77(80)71-68-65-62-59-56-53-50-46-30-27-24-21-18-15-12-9-6-3)72-81-75(78)69-66-63-60-57-54-51-48-45-29-26-23-20-17-14-11-8-5-2/h7,10,16,19,25,28,32-33,35-36,38-39,74H,4-6,8-9,11-15,17-18,20-24,26-27,29-31,34,37,40-73H2,1-3H3/b10-7-,19-16-,28-25-,33-32-,36-35-,39-38-. The molecule has 0 aromatic heterocycles. The van der Waals surface area contributed by atoms with Gasteiger partial charge in [0.05, 0.1) is 0 Å². The van der Waals surface area contributed by atoms with Gasteiger partial charge in [-0.25, -0.2) is 0 Å². The first-order chi connectivity index (χ1) is 41.0. The van der Waals surface area contributed by atoms with Crippen molar-refractivity contribution in [3.63, 3.8) is 0 Å². The van der Waals surface area contributed by atoms with Crippen LogP contribution in [0.2, 0.25) is 0 Å². The first-order valence-electron chi connectivity index (χ1n) is 36.4. The molecule has 0 aliphatic rings. The number of unbranched alkanes of at least 4 members (excludes halogenated alkanes) is 44. The van der Waals surface area contributed by atoms with Crippen LogP contribution in [0.5, 0.6) is 0 Å². The lowest BCUT2D eigenvalue weighted by molar-refractivity contribution is -0.167. The Morgan fingerprint density at radius 2 is 0.470 bits per heavy atom. The lowest BCUT2D eigenvalue weighted by Gasteiger charge is -2.18. The maximum atomic E-state index is 13.0. The van der Waals surface area contributed by atoms with Crippen molar-refractivity contribution >= 4 is 17.9 Å². The van der Waals surface area contributed by atoms with E-state index in [1.165, 1.54) is 244 Å². The highest BCUT2D eigenvalue weighted by Crippen LogP contribution is 2.18. The van der Waals surface area contributed by atoms with Crippen molar-refractivity contribution in [2.24, 2.45) is 0 Å². The molecule has 0 saturated heterocycles. The molecule has 482 valence electrons. The van der Waals surface area contributed by atoms with Gasteiger partial charge in [-0.2, -0.15) is 0 Å². The molecule has 0 bridgehead atoms. The van der Waals surface area contributed by atoms with Crippen LogP contribution in [-0.2, 0) is 28.6 Å². The lowest BCUT2D eigenvalue weighted by atomic mass is 10.0. The molecule has 1 unspecified atom stereocenters. The average Bonchev–Trinajstić information content (AvgIpc) is 3.49. The summed E-state index contributed by atoms with van der Waals surface area (Å²) in [7, 11) is 0. The van der Waals surface area contributed by atoms with E-state index in [2.05, 4.69) is 93.7 Å². The smallest absolute Gasteiger partial charge is 0.306 e. The van der Waals surface area contributed by atoms with Gasteiger partial charge in [-0.3, -0.25) is 14.4 Å². The average molecular weight is 1160 g/mol. The van der Waals surface area contributed by atoms with Crippen LogP contribution in [-0.4, -0.2) is 37.2 Å². The summed E-state index contributed by atoms with van der Waals surface area (Å²) in [6, 6.07) is 0. The Hall–Kier alpha value is -3.15. The van der Waals surface area contributed by atoms with Gasteiger partial charge in [-0.1, -0.05) is 363 Å². The monoisotopic (exact) mass is 1160 g/mol. The van der Waals surface area contributed by atoms with Crippen LogP contribution in [0.3, 0.4) is 0 Å². The summed E-state index contributed by atoms with van der Waals surface area (Å²) in [5, 5.41) is 0. The zero-order valence-electron chi connectivity index (χ0n) is 55.5. The van der Waals surface area contributed by atoms with Crippen molar-refractivity contribution in [2.45, 2.75) is 386 Å². The second-order valence-electron chi connectivity index (χ2n) is 24.5. The summed E-state index contributed by atoms with van der Waals surface area (Å²) in [6.45, 7) is 6.60. The second-order valence-corrected chi connectivity index (χ2v) is 24.5. The predicted octanol–water partition coefficient (Wildman–Crippen LogP) is 25.2. The Balaban J connectivity index is 4.25. The van der Waals surface area contributed by atoms with E-state index in [4.69, 9.17) is 14.2 Å². The summed E-state index contributed by atoms with van der Waals surface area (Å²) in [5.74, 6) is -0.842. The Morgan fingerprint density at radius 3 is 0.735 bits per heavy atom. The van der Waals surface area contributed by atoms with Crippen LogP contribution in [0, 0.1) is 0 Å². The number of hydrogen-bond acceptors (Lipinski definition) is 6. The van der Waals surface area contributed by atoms with Gasteiger partial charge >= 0.3 is 17.9 Å². The Labute approximate surface area is 516 Å². The zero-order chi connectivity index (χ0) is 59.9. The number of carbonyl (C=O) groups excluding carboxylic acids is 3. The van der Waals surface area contributed by atoms with Crippen molar-refractivity contribution in [3.05, 3.63) is 72.9 Å². The third kappa shape index (κ3) is 69.5. The van der Waals surface area contributed by atoms with Crippen LogP contribution in [0.25, 0.3) is 0 Å². The fourth-order valence-corrected chi connectivity index (χ4v) is 10.8. The normalized spacial score (nSPS) is 12.5. The van der Waals surface area contributed by atoms with E-state index in [0.29, 0.717) is 19.3 Å². The Morgan fingerprint density at radius 1 is 0.253 bits per heavy atom. The van der Waals surface area contributed by atoms with Gasteiger partial charge < -0.3 is 14.2 Å². The highest BCUT2D eigenvalue weighted by atomic mass is 16.6. The van der Waals surface area contributed by atoms with Crippen LogP contribution in [0.15, 0.2) is 72.9 Å². The second kappa shape index (κ2) is 71.3. The number of ether oxygens (including phenoxy) is 3. The molecule has 0 fully saturated rings. The molecule has 0 heterocycles. The van der Waals surface area contributed by atoms with Gasteiger partial charge in [0.25, 0.3) is 0 Å². The first-order valence-corrected chi connectivity index (χ1v) is 36.4. The topological polar surface area (TPSA) is 78.9 Å². The van der Waals surface area contributed by atoms with Gasteiger partial charge in [-0.05, 0) is 70.6 Å². The molecule has 1 atom stereocenters. The number of esters is 3. The zero-order valence-corrected chi connectivity index (χ0v) is 55.5. The highest BCUT2D eigenvalue weighted by Gasteiger charge is 2.19. The predicted molar refractivity (Wildman–Crippen MR) is 362 cm³/mol. The fraction of sp³-hybridized carbons (Fsp3) is 0.805. The van der Waals surface area contributed by atoms with Crippen molar-refractivity contribution in [2.75, 3.05) is 13.2 Å². The number of allylic oxidation sites excluding steroid dienone is 12. The number of hydrogen-bond donors (Lipinski definition) is 0. The third-order valence-electron chi connectivity index (χ3n) is 16.2. The quantitative estimate of drug-likeness (QED) is 0.0261. The fourth-order valence-electron chi connectivity index (χ4n) is 10.8. The molecular formula is C77H138O6. The van der Waals surface area contributed by atoms with Crippen LogP contribution >= 0.6 is 0 Å². The van der Waals surface area contributed by atoms with Crippen molar-refractivity contribution in [1.29, 1.82) is 0 Å². The molecule has 0 amide bonds. The Kier molecular flexibility index (Phi) is 68.6. The van der Waals surface area contributed by atoms with E-state index in [-0.39, 0.29) is 31.1 Å². The molecule has 0 radical (unpaired) electrons. The minimum Gasteiger partial charge on any atom is -0.462 e. The molecule has 83 heavy (non-hydrogen) atoms. The van der Waals surface area contributed by atoms with Crippen molar-refractivity contribution < 1.29 is 28.6 Å². The first kappa shape index (κ1) is 79.8. The van der Waals surface area contributed by atoms with Crippen LogP contribution in [0.4, 0.5) is 0 Å². The molecule has 0 N–H and O–H groups in total. The molecule has 0 rings (SSSR count). The molecule has 0 saturated carbocycles. The highest BCUT2D eigenvalue weighted by molar-refractivity contribution is 5.71. The van der Waals surface area contributed by atoms with E-state index in [0.717, 1.165) is 96.3 Å². The molecule has 0 aromatic carbocycles. The molecule has 0 aliphatic carbocycles. The molecule has 0 spiro atoms. The number of carbonyl (C=O) groups is 3. The molecule has 6 heteroatoms. The SMILES string of the molecule is CC/C=C\C/C=C\C/C=C\C/C=C\C/C=C\C/C=C\CCCCCCCCCCCCCCC(=O)OCC(COC(=O)CCCCCCCCCCCCCCCCCCC)OC(=O)CCCCCCCCCCCCCCCCCCC. The molecule has 0 aliphatic heterocycles. The van der Waals surface area contributed by atoms with Gasteiger partial charge in [0.2, 0.25) is 0 Å². The maximum absolute atomic E-state index is 13.0. The van der Waals surface area contributed by atoms with E-state index >= 15 is 0 Å². The van der Waals surface area contributed by atoms with E-state index in [1.54, 1.807) is 0 Å². The lowest BCUT2D eigenvalue weighted by Crippen LogP contribution is -2.30. The van der Waals surface area contributed by atoms with Gasteiger partial charge in [0, 0.05) is 19.3 Å². The van der Waals surface area contributed by atoms with Gasteiger partial charge in [0.1, 0.15) is 13.2 Å². The van der Waals surface area contributed by atoms with Crippen LogP contribution in [0.1, 0.15) is 380 Å². The third-order valence-corrected chi connectivity index (χ3v) is 16.2. The van der Waals surface area contributed by atoms with Crippen LogP contribution < -0.4 is 0 Å². The minimum atomic E-state index is -0.773. The summed E-state index contributed by atoms with van der Waals surface area (Å²) < 4.78 is 17.0. The molecule has 0 aromatic rings.